The molecule has 0 amide bonds. The second-order valence-corrected chi connectivity index (χ2v) is 7.50. The number of nitrogens with zero attached hydrogens (tertiary/aromatic N) is 5. The lowest BCUT2D eigenvalue weighted by Gasteiger charge is -1.98. The number of unbranched alkanes of at least 4 members (excludes halogenated alkanes) is 3. The average molecular weight is 377 g/mol. The molecule has 132 valence electrons. The summed E-state index contributed by atoms with van der Waals surface area (Å²) in [5.41, 5.74) is 6.60. The molecule has 0 fully saturated rings. The van der Waals surface area contributed by atoms with Crippen molar-refractivity contribution < 1.29 is 5.11 Å². The molecule has 0 saturated heterocycles. The van der Waals surface area contributed by atoms with E-state index in [0.717, 1.165) is 12.2 Å². The van der Waals surface area contributed by atoms with Gasteiger partial charge in [-0.1, -0.05) is 61.4 Å². The third-order valence-electron chi connectivity index (χ3n) is 3.57. The zero-order chi connectivity index (χ0) is 17.6. The molecule has 0 atom stereocenters. The number of thioether (sulfide) groups is 1. The standard InChI is InChI=1S/C16H20N6OS2/c1-2-3-4-7-10-24-15-18-14(17)22(21-15)16-20-19-13(25-16)11-8-5-6-9-12(11)23/h5-6,8-9,23H,2-4,7,10H2,1H3,(H2,17,18,21). The monoisotopic (exact) mass is 376 g/mol. The summed E-state index contributed by atoms with van der Waals surface area (Å²) in [4.78, 5) is 4.29. The first-order valence-corrected chi connectivity index (χ1v) is 9.97. The molecule has 0 aliphatic rings. The summed E-state index contributed by atoms with van der Waals surface area (Å²) in [5, 5.41) is 24.4. The molecule has 1 aromatic carbocycles. The fourth-order valence-electron chi connectivity index (χ4n) is 2.26. The third-order valence-corrected chi connectivity index (χ3v) is 5.43. The predicted octanol–water partition coefficient (Wildman–Crippen LogP) is 3.75. The van der Waals surface area contributed by atoms with Gasteiger partial charge in [-0.2, -0.15) is 9.67 Å². The van der Waals surface area contributed by atoms with Gasteiger partial charge in [0.25, 0.3) is 0 Å². The number of nitrogen functional groups attached to an aromatic ring is 1. The van der Waals surface area contributed by atoms with Crippen molar-refractivity contribution in [1.82, 2.24) is 25.0 Å². The van der Waals surface area contributed by atoms with Gasteiger partial charge in [-0.3, -0.25) is 0 Å². The van der Waals surface area contributed by atoms with E-state index in [4.69, 9.17) is 5.73 Å². The van der Waals surface area contributed by atoms with E-state index in [0.29, 0.717) is 20.9 Å². The first-order valence-electron chi connectivity index (χ1n) is 8.16. The maximum absolute atomic E-state index is 9.94. The fraction of sp³-hybridized carbons (Fsp3) is 0.375. The number of para-hydroxylation sites is 1. The molecule has 7 nitrogen and oxygen atoms in total. The van der Waals surface area contributed by atoms with Crippen molar-refractivity contribution in [2.75, 3.05) is 11.5 Å². The van der Waals surface area contributed by atoms with E-state index in [9.17, 15) is 5.11 Å². The van der Waals surface area contributed by atoms with E-state index in [1.165, 1.54) is 35.3 Å². The second kappa shape index (κ2) is 8.30. The lowest BCUT2D eigenvalue weighted by molar-refractivity contribution is 0.477. The molecule has 3 aromatic rings. The van der Waals surface area contributed by atoms with Crippen LogP contribution in [0.3, 0.4) is 0 Å². The Labute approximate surface area is 154 Å². The molecule has 0 aliphatic carbocycles. The van der Waals surface area contributed by atoms with Crippen LogP contribution in [0.15, 0.2) is 29.4 Å². The summed E-state index contributed by atoms with van der Waals surface area (Å²) in [6.07, 6.45) is 4.84. The Morgan fingerprint density at radius 2 is 2.04 bits per heavy atom. The Bertz CT molecular complexity index is 832. The van der Waals surface area contributed by atoms with Gasteiger partial charge in [-0.25, -0.2) is 0 Å². The molecule has 0 saturated carbocycles. The van der Waals surface area contributed by atoms with Crippen molar-refractivity contribution in [3.63, 3.8) is 0 Å². The molecule has 2 heterocycles. The fourth-order valence-corrected chi connectivity index (χ4v) is 3.93. The predicted molar refractivity (Wildman–Crippen MR) is 101 cm³/mol. The number of hydrogen-bond acceptors (Lipinski definition) is 8. The van der Waals surface area contributed by atoms with E-state index in [-0.39, 0.29) is 11.7 Å². The summed E-state index contributed by atoms with van der Waals surface area (Å²) < 4.78 is 1.50. The molecule has 3 N–H and O–H groups in total. The van der Waals surface area contributed by atoms with Crippen molar-refractivity contribution >= 4 is 29.0 Å². The molecular formula is C16H20N6OS2. The van der Waals surface area contributed by atoms with E-state index < -0.39 is 0 Å². The van der Waals surface area contributed by atoms with Gasteiger partial charge in [-0.15, -0.1) is 15.3 Å². The molecule has 9 heteroatoms. The zero-order valence-electron chi connectivity index (χ0n) is 13.9. The lowest BCUT2D eigenvalue weighted by Crippen LogP contribution is -2.01. The minimum Gasteiger partial charge on any atom is -0.507 e. The molecule has 2 aromatic heterocycles. The van der Waals surface area contributed by atoms with Gasteiger partial charge in [0.1, 0.15) is 5.75 Å². The summed E-state index contributed by atoms with van der Waals surface area (Å²) in [5.74, 6) is 1.43. The SMILES string of the molecule is CCCCCCSc1nc(N)n(-c2nnc(-c3ccccc3O)s2)n1. The minimum absolute atomic E-state index is 0.167. The number of rotatable bonds is 8. The van der Waals surface area contributed by atoms with Crippen LogP contribution in [0.4, 0.5) is 5.95 Å². The Balaban J connectivity index is 1.71. The quantitative estimate of drug-likeness (QED) is 0.456. The van der Waals surface area contributed by atoms with Crippen molar-refractivity contribution in [1.29, 1.82) is 0 Å². The van der Waals surface area contributed by atoms with Crippen molar-refractivity contribution in [3.05, 3.63) is 24.3 Å². The number of aromatic hydroxyl groups is 1. The second-order valence-electron chi connectivity index (χ2n) is 5.48. The van der Waals surface area contributed by atoms with Crippen LogP contribution in [0, 0.1) is 0 Å². The van der Waals surface area contributed by atoms with Crippen LogP contribution < -0.4 is 5.73 Å². The summed E-state index contributed by atoms with van der Waals surface area (Å²) in [7, 11) is 0. The molecule has 0 aliphatic heterocycles. The Hall–Kier alpha value is -2.13. The number of nitrogens with two attached hydrogens (primary N) is 1. The Morgan fingerprint density at radius 3 is 2.84 bits per heavy atom. The van der Waals surface area contributed by atoms with Crippen LogP contribution in [-0.4, -0.2) is 35.8 Å². The molecule has 3 rings (SSSR count). The molecular weight excluding hydrogens is 356 g/mol. The first-order chi connectivity index (χ1) is 12.2. The number of benzene rings is 1. The Morgan fingerprint density at radius 1 is 1.20 bits per heavy atom. The van der Waals surface area contributed by atoms with E-state index in [2.05, 4.69) is 27.2 Å². The average Bonchev–Trinajstić information content (AvgIpc) is 3.22. The first kappa shape index (κ1) is 17.7. The highest BCUT2D eigenvalue weighted by Gasteiger charge is 2.16. The van der Waals surface area contributed by atoms with Gasteiger partial charge in [0.05, 0.1) is 5.56 Å². The lowest BCUT2D eigenvalue weighted by atomic mass is 10.2. The van der Waals surface area contributed by atoms with Gasteiger partial charge in [-0.05, 0) is 18.6 Å². The molecule has 25 heavy (non-hydrogen) atoms. The van der Waals surface area contributed by atoms with Crippen LogP contribution in [-0.2, 0) is 0 Å². The van der Waals surface area contributed by atoms with Gasteiger partial charge >= 0.3 is 0 Å². The van der Waals surface area contributed by atoms with Gasteiger partial charge in [0, 0.05) is 5.75 Å². The van der Waals surface area contributed by atoms with Crippen molar-refractivity contribution in [2.45, 2.75) is 37.8 Å². The summed E-state index contributed by atoms with van der Waals surface area (Å²) >= 11 is 2.90. The maximum Gasteiger partial charge on any atom is 0.236 e. The normalized spacial score (nSPS) is 11.1. The van der Waals surface area contributed by atoms with Crippen molar-refractivity contribution in [3.8, 4) is 21.5 Å². The highest BCUT2D eigenvalue weighted by Crippen LogP contribution is 2.32. The van der Waals surface area contributed by atoms with Crippen LogP contribution in [0.1, 0.15) is 32.6 Å². The van der Waals surface area contributed by atoms with Gasteiger partial charge in [0.15, 0.2) is 5.01 Å². The smallest absolute Gasteiger partial charge is 0.236 e. The van der Waals surface area contributed by atoms with Crippen LogP contribution in [0.25, 0.3) is 15.7 Å². The zero-order valence-corrected chi connectivity index (χ0v) is 15.6. The van der Waals surface area contributed by atoms with Crippen LogP contribution in [0.2, 0.25) is 0 Å². The van der Waals surface area contributed by atoms with Crippen LogP contribution in [0.5, 0.6) is 5.75 Å². The molecule has 0 bridgehead atoms. The molecule has 0 unspecified atom stereocenters. The number of hydrogen-bond donors (Lipinski definition) is 2. The summed E-state index contributed by atoms with van der Waals surface area (Å²) in [6.45, 7) is 2.20. The van der Waals surface area contributed by atoms with Crippen LogP contribution >= 0.6 is 23.1 Å². The number of aromatic nitrogens is 5. The number of anilines is 1. The molecule has 0 radical (unpaired) electrons. The van der Waals surface area contributed by atoms with E-state index in [1.54, 1.807) is 30.0 Å². The topological polar surface area (TPSA) is 103 Å². The van der Waals surface area contributed by atoms with E-state index >= 15 is 0 Å². The van der Waals surface area contributed by atoms with Crippen molar-refractivity contribution in [2.24, 2.45) is 0 Å². The number of phenols is 1. The Kier molecular flexibility index (Phi) is 5.87. The highest BCUT2D eigenvalue weighted by atomic mass is 32.2. The van der Waals surface area contributed by atoms with Gasteiger partial charge in [0.2, 0.25) is 16.2 Å². The van der Waals surface area contributed by atoms with E-state index in [1.807, 2.05) is 6.07 Å². The largest absolute Gasteiger partial charge is 0.507 e. The summed E-state index contributed by atoms with van der Waals surface area (Å²) in [6, 6.07) is 7.02. The van der Waals surface area contributed by atoms with Gasteiger partial charge < -0.3 is 10.8 Å². The highest BCUT2D eigenvalue weighted by molar-refractivity contribution is 7.99. The third kappa shape index (κ3) is 4.29. The minimum atomic E-state index is 0.167. The number of phenolic OH excluding ortho intramolecular Hbond substituents is 1. The maximum atomic E-state index is 9.94. The molecule has 0 spiro atoms.